The van der Waals surface area contributed by atoms with E-state index in [2.05, 4.69) is 5.32 Å². The molecule has 3 rings (SSSR count). The van der Waals surface area contributed by atoms with Crippen LogP contribution in [0.15, 0.2) is 22.8 Å². The number of hydrogen-bond donors (Lipinski definition) is 1. The van der Waals surface area contributed by atoms with Crippen molar-refractivity contribution >= 4 is 17.8 Å². The van der Waals surface area contributed by atoms with Crippen LogP contribution in [0.5, 0.6) is 0 Å². The standard InChI is InChI=1S/C15H20N4O4/c1-17-5-4-11(13(17)20)16-15(22)19-8-6-18(7-9-19)14(21)12-3-2-10-23-12/h2-3,10-11H,4-9H2,1H3,(H,16,22)/t11-/m1/s1. The number of amides is 4. The zero-order chi connectivity index (χ0) is 16.4. The summed E-state index contributed by atoms with van der Waals surface area (Å²) in [5, 5.41) is 2.77. The molecule has 124 valence electrons. The van der Waals surface area contributed by atoms with Crippen molar-refractivity contribution in [3.05, 3.63) is 24.2 Å². The van der Waals surface area contributed by atoms with Crippen LogP contribution in [0.4, 0.5) is 4.79 Å². The Morgan fingerprint density at radius 1 is 1.17 bits per heavy atom. The molecule has 3 heterocycles. The van der Waals surface area contributed by atoms with Crippen LogP contribution in [0.2, 0.25) is 0 Å². The number of carbonyl (C=O) groups is 3. The number of rotatable bonds is 2. The molecule has 0 unspecified atom stereocenters. The van der Waals surface area contributed by atoms with E-state index in [4.69, 9.17) is 4.42 Å². The fourth-order valence-corrected chi connectivity index (χ4v) is 2.87. The lowest BCUT2D eigenvalue weighted by atomic mass is 10.2. The number of hydrogen-bond acceptors (Lipinski definition) is 4. The number of urea groups is 1. The molecule has 0 spiro atoms. The number of carbonyl (C=O) groups excluding carboxylic acids is 3. The van der Waals surface area contributed by atoms with Crippen molar-refractivity contribution < 1.29 is 18.8 Å². The van der Waals surface area contributed by atoms with Crippen molar-refractivity contribution in [3.63, 3.8) is 0 Å². The van der Waals surface area contributed by atoms with Gasteiger partial charge in [-0.3, -0.25) is 9.59 Å². The van der Waals surface area contributed by atoms with Crippen LogP contribution in [0.3, 0.4) is 0 Å². The van der Waals surface area contributed by atoms with E-state index >= 15 is 0 Å². The summed E-state index contributed by atoms with van der Waals surface area (Å²) in [5.41, 5.74) is 0. The first-order valence-electron chi connectivity index (χ1n) is 7.69. The molecule has 0 aromatic carbocycles. The minimum absolute atomic E-state index is 0.0509. The molecule has 0 bridgehead atoms. The van der Waals surface area contributed by atoms with Gasteiger partial charge in [0.25, 0.3) is 5.91 Å². The Balaban J connectivity index is 1.50. The number of nitrogens with one attached hydrogen (secondary N) is 1. The molecular weight excluding hydrogens is 300 g/mol. The third-order valence-electron chi connectivity index (χ3n) is 4.31. The van der Waals surface area contributed by atoms with Gasteiger partial charge in [-0.25, -0.2) is 4.79 Å². The Bertz CT molecular complexity index is 593. The van der Waals surface area contributed by atoms with Gasteiger partial charge in [0, 0.05) is 39.8 Å². The number of likely N-dealkylation sites (N-methyl/N-ethyl adjacent to an activating group) is 1. The van der Waals surface area contributed by atoms with E-state index in [-0.39, 0.29) is 17.8 Å². The van der Waals surface area contributed by atoms with Gasteiger partial charge in [0.1, 0.15) is 6.04 Å². The van der Waals surface area contributed by atoms with E-state index in [1.165, 1.54) is 6.26 Å². The highest BCUT2D eigenvalue weighted by Crippen LogP contribution is 2.12. The second-order valence-electron chi connectivity index (χ2n) is 5.81. The van der Waals surface area contributed by atoms with E-state index in [9.17, 15) is 14.4 Å². The minimum Gasteiger partial charge on any atom is -0.459 e. The van der Waals surface area contributed by atoms with Crippen LogP contribution in [0.1, 0.15) is 17.0 Å². The lowest BCUT2D eigenvalue weighted by Gasteiger charge is -2.34. The highest BCUT2D eigenvalue weighted by molar-refractivity contribution is 5.92. The molecule has 2 fully saturated rings. The molecule has 4 amide bonds. The fraction of sp³-hybridized carbons (Fsp3) is 0.533. The van der Waals surface area contributed by atoms with E-state index in [1.807, 2.05) is 0 Å². The summed E-state index contributed by atoms with van der Waals surface area (Å²) in [6.45, 7) is 2.44. The van der Waals surface area contributed by atoms with Crippen molar-refractivity contribution in [2.45, 2.75) is 12.5 Å². The van der Waals surface area contributed by atoms with Gasteiger partial charge in [-0.15, -0.1) is 0 Å². The summed E-state index contributed by atoms with van der Waals surface area (Å²) in [7, 11) is 1.73. The molecule has 2 aliphatic heterocycles. The summed E-state index contributed by atoms with van der Waals surface area (Å²) < 4.78 is 5.11. The molecule has 0 aliphatic carbocycles. The molecule has 1 N–H and O–H groups in total. The summed E-state index contributed by atoms with van der Waals surface area (Å²) in [6.07, 6.45) is 2.10. The molecule has 0 saturated carbocycles. The van der Waals surface area contributed by atoms with Gasteiger partial charge in [-0.1, -0.05) is 0 Å². The zero-order valence-corrected chi connectivity index (χ0v) is 13.0. The predicted molar refractivity (Wildman–Crippen MR) is 80.8 cm³/mol. The number of piperazine rings is 1. The molecule has 8 heteroatoms. The number of furan rings is 1. The van der Waals surface area contributed by atoms with E-state index in [1.54, 1.807) is 33.9 Å². The zero-order valence-electron chi connectivity index (χ0n) is 13.0. The van der Waals surface area contributed by atoms with E-state index < -0.39 is 6.04 Å². The summed E-state index contributed by atoms with van der Waals surface area (Å²) in [5.74, 6) is 0.0927. The van der Waals surface area contributed by atoms with Crippen LogP contribution in [0.25, 0.3) is 0 Å². The number of likely N-dealkylation sites (tertiary alicyclic amines) is 1. The molecule has 2 saturated heterocycles. The Labute approximate surface area is 134 Å². The van der Waals surface area contributed by atoms with Crippen LogP contribution < -0.4 is 5.32 Å². The van der Waals surface area contributed by atoms with Crippen LogP contribution >= 0.6 is 0 Å². The van der Waals surface area contributed by atoms with Gasteiger partial charge in [-0.2, -0.15) is 0 Å². The average molecular weight is 320 g/mol. The maximum absolute atomic E-state index is 12.2. The average Bonchev–Trinajstić information content (AvgIpc) is 3.20. The normalized spacial score (nSPS) is 21.7. The quantitative estimate of drug-likeness (QED) is 0.829. The topological polar surface area (TPSA) is 86.1 Å². The smallest absolute Gasteiger partial charge is 0.318 e. The molecule has 8 nitrogen and oxygen atoms in total. The molecule has 2 aliphatic rings. The Kier molecular flexibility index (Phi) is 4.22. The van der Waals surface area contributed by atoms with Crippen molar-refractivity contribution in [1.29, 1.82) is 0 Å². The predicted octanol–water partition coefficient (Wildman–Crippen LogP) is -0.0223. The van der Waals surface area contributed by atoms with E-state index in [0.29, 0.717) is 44.9 Å². The monoisotopic (exact) mass is 320 g/mol. The third-order valence-corrected chi connectivity index (χ3v) is 4.31. The molecule has 0 radical (unpaired) electrons. The second-order valence-corrected chi connectivity index (χ2v) is 5.81. The second kappa shape index (κ2) is 6.31. The van der Waals surface area contributed by atoms with Gasteiger partial charge >= 0.3 is 6.03 Å². The van der Waals surface area contributed by atoms with Crippen LogP contribution in [-0.4, -0.2) is 78.4 Å². The fourth-order valence-electron chi connectivity index (χ4n) is 2.87. The van der Waals surface area contributed by atoms with Crippen molar-refractivity contribution in [3.8, 4) is 0 Å². The Morgan fingerprint density at radius 2 is 1.87 bits per heavy atom. The number of nitrogens with zero attached hydrogens (tertiary/aromatic N) is 3. The lowest BCUT2D eigenvalue weighted by molar-refractivity contribution is -0.128. The Hall–Kier alpha value is -2.51. The van der Waals surface area contributed by atoms with Crippen molar-refractivity contribution in [2.75, 3.05) is 39.8 Å². The highest BCUT2D eigenvalue weighted by atomic mass is 16.3. The molecule has 1 atom stereocenters. The molecule has 1 aromatic heterocycles. The first kappa shape index (κ1) is 15.4. The van der Waals surface area contributed by atoms with Gasteiger partial charge < -0.3 is 24.4 Å². The minimum atomic E-state index is -0.435. The molecule has 23 heavy (non-hydrogen) atoms. The molecule has 1 aromatic rings. The van der Waals surface area contributed by atoms with Crippen LogP contribution in [-0.2, 0) is 4.79 Å². The van der Waals surface area contributed by atoms with Gasteiger partial charge in [0.15, 0.2) is 5.76 Å². The Morgan fingerprint density at radius 3 is 2.43 bits per heavy atom. The third kappa shape index (κ3) is 3.15. The first-order chi connectivity index (χ1) is 11.1. The maximum atomic E-state index is 12.2. The summed E-state index contributed by atoms with van der Waals surface area (Å²) >= 11 is 0. The summed E-state index contributed by atoms with van der Waals surface area (Å²) in [6, 6.07) is 2.62. The van der Waals surface area contributed by atoms with Crippen LogP contribution in [0, 0.1) is 0 Å². The van der Waals surface area contributed by atoms with E-state index in [0.717, 1.165) is 0 Å². The van der Waals surface area contributed by atoms with Gasteiger partial charge in [0.05, 0.1) is 6.26 Å². The van der Waals surface area contributed by atoms with Gasteiger partial charge in [0.2, 0.25) is 5.91 Å². The summed E-state index contributed by atoms with van der Waals surface area (Å²) in [4.78, 5) is 41.1. The SMILES string of the molecule is CN1CC[C@@H](NC(=O)N2CCN(C(=O)c3ccco3)CC2)C1=O. The van der Waals surface area contributed by atoms with Crippen molar-refractivity contribution in [2.24, 2.45) is 0 Å². The molecular formula is C15H20N4O4. The largest absolute Gasteiger partial charge is 0.459 e. The van der Waals surface area contributed by atoms with Crippen molar-refractivity contribution in [1.82, 2.24) is 20.0 Å². The van der Waals surface area contributed by atoms with Gasteiger partial charge in [-0.05, 0) is 18.6 Å². The maximum Gasteiger partial charge on any atom is 0.318 e. The first-order valence-corrected chi connectivity index (χ1v) is 7.69. The highest BCUT2D eigenvalue weighted by Gasteiger charge is 2.32. The lowest BCUT2D eigenvalue weighted by Crippen LogP contribution is -2.55.